The molecule has 1 aromatic carbocycles. The highest BCUT2D eigenvalue weighted by Crippen LogP contribution is 2.29. The van der Waals surface area contributed by atoms with E-state index in [-0.39, 0.29) is 4.47 Å². The molecular formula is C14H12BrF2N3. The summed E-state index contributed by atoms with van der Waals surface area (Å²) >= 11 is 3.05. The van der Waals surface area contributed by atoms with Crippen LogP contribution in [-0.4, -0.2) is 16.0 Å². The Bertz CT molecular complexity index is 644. The minimum absolute atomic E-state index is 0.0461. The van der Waals surface area contributed by atoms with Gasteiger partial charge in [0.05, 0.1) is 10.2 Å². The number of benzene rings is 1. The zero-order valence-electron chi connectivity index (χ0n) is 10.5. The molecule has 0 unspecified atom stereocenters. The monoisotopic (exact) mass is 339 g/mol. The van der Waals surface area contributed by atoms with Crippen molar-refractivity contribution in [3.05, 3.63) is 46.2 Å². The summed E-state index contributed by atoms with van der Waals surface area (Å²) in [7, 11) is 0. The van der Waals surface area contributed by atoms with Crippen molar-refractivity contribution in [2.45, 2.75) is 25.4 Å². The van der Waals surface area contributed by atoms with E-state index >= 15 is 0 Å². The molecule has 1 aliphatic rings. The Hall–Kier alpha value is -1.40. The lowest BCUT2D eigenvalue weighted by molar-refractivity contribution is 0.504. The third-order valence-corrected chi connectivity index (χ3v) is 3.91. The van der Waals surface area contributed by atoms with Crippen LogP contribution in [0, 0.1) is 11.6 Å². The van der Waals surface area contributed by atoms with Crippen molar-refractivity contribution in [2.75, 3.05) is 0 Å². The SMILES string of the molecule is Fc1ccc(-c2nccc(CNC3CC3)n2)c(Br)c1F. The van der Waals surface area contributed by atoms with Gasteiger partial charge in [0.15, 0.2) is 17.5 Å². The minimum atomic E-state index is -0.924. The zero-order chi connectivity index (χ0) is 14.1. The second kappa shape index (κ2) is 5.54. The molecule has 1 saturated carbocycles. The third kappa shape index (κ3) is 2.86. The molecule has 0 aliphatic heterocycles. The number of aromatic nitrogens is 2. The lowest BCUT2D eigenvalue weighted by Gasteiger charge is -2.07. The van der Waals surface area contributed by atoms with Gasteiger partial charge in [-0.1, -0.05) is 0 Å². The summed E-state index contributed by atoms with van der Waals surface area (Å²) in [6.45, 7) is 0.654. The number of nitrogens with zero attached hydrogens (tertiary/aromatic N) is 2. The van der Waals surface area contributed by atoms with Gasteiger partial charge >= 0.3 is 0 Å². The summed E-state index contributed by atoms with van der Waals surface area (Å²) in [5.41, 5.74) is 1.27. The Labute approximate surface area is 123 Å². The molecule has 6 heteroatoms. The van der Waals surface area contributed by atoms with Crippen molar-refractivity contribution in [3.63, 3.8) is 0 Å². The smallest absolute Gasteiger partial charge is 0.173 e. The van der Waals surface area contributed by atoms with Gasteiger partial charge in [0.2, 0.25) is 0 Å². The predicted molar refractivity (Wildman–Crippen MR) is 74.9 cm³/mol. The van der Waals surface area contributed by atoms with Gasteiger partial charge in [0.25, 0.3) is 0 Å². The third-order valence-electron chi connectivity index (χ3n) is 3.14. The first-order valence-corrected chi connectivity index (χ1v) is 7.13. The van der Waals surface area contributed by atoms with Crippen LogP contribution in [0.3, 0.4) is 0 Å². The molecule has 1 fully saturated rings. The van der Waals surface area contributed by atoms with Crippen LogP contribution in [0.4, 0.5) is 8.78 Å². The fourth-order valence-electron chi connectivity index (χ4n) is 1.86. The average Bonchev–Trinajstić information content (AvgIpc) is 3.27. The number of hydrogen-bond donors (Lipinski definition) is 1. The van der Waals surface area contributed by atoms with Crippen LogP contribution in [0.2, 0.25) is 0 Å². The van der Waals surface area contributed by atoms with Gasteiger partial charge in [-0.2, -0.15) is 0 Å². The van der Waals surface area contributed by atoms with Gasteiger partial charge in [-0.25, -0.2) is 18.7 Å². The maximum absolute atomic E-state index is 13.5. The van der Waals surface area contributed by atoms with Crippen molar-refractivity contribution in [3.8, 4) is 11.4 Å². The van der Waals surface area contributed by atoms with Crippen LogP contribution >= 0.6 is 15.9 Å². The van der Waals surface area contributed by atoms with E-state index in [0.717, 1.165) is 11.8 Å². The van der Waals surface area contributed by atoms with E-state index in [1.54, 1.807) is 6.20 Å². The lowest BCUT2D eigenvalue weighted by Crippen LogP contribution is -2.16. The second-order valence-electron chi connectivity index (χ2n) is 4.75. The van der Waals surface area contributed by atoms with E-state index in [9.17, 15) is 8.78 Å². The molecule has 1 aromatic heterocycles. The Morgan fingerprint density at radius 3 is 2.80 bits per heavy atom. The summed E-state index contributed by atoms with van der Waals surface area (Å²) in [6.07, 6.45) is 4.03. The van der Waals surface area contributed by atoms with Gasteiger partial charge in [-0.3, -0.25) is 0 Å². The van der Waals surface area contributed by atoms with Gasteiger partial charge in [-0.15, -0.1) is 0 Å². The molecule has 0 saturated heterocycles. The molecular weight excluding hydrogens is 328 g/mol. The van der Waals surface area contributed by atoms with Gasteiger partial charge in [0.1, 0.15) is 0 Å². The summed E-state index contributed by atoms with van der Waals surface area (Å²) in [5.74, 6) is -1.44. The minimum Gasteiger partial charge on any atom is -0.308 e. The Kier molecular flexibility index (Phi) is 3.76. The standard InChI is InChI=1S/C14H12BrF2N3/c15-12-10(3-4-11(16)13(12)17)14-18-6-5-9(20-14)7-19-8-1-2-8/h3-6,8,19H,1-2,7H2. The van der Waals surface area contributed by atoms with E-state index in [4.69, 9.17) is 0 Å². The van der Waals surface area contributed by atoms with Crippen molar-refractivity contribution in [1.29, 1.82) is 0 Å². The van der Waals surface area contributed by atoms with E-state index in [2.05, 4.69) is 31.2 Å². The maximum Gasteiger partial charge on any atom is 0.173 e. The molecule has 1 aliphatic carbocycles. The van der Waals surface area contributed by atoms with Gasteiger partial charge < -0.3 is 5.32 Å². The first-order chi connectivity index (χ1) is 9.65. The van der Waals surface area contributed by atoms with Crippen LogP contribution < -0.4 is 5.32 Å². The van der Waals surface area contributed by atoms with Crippen LogP contribution in [0.25, 0.3) is 11.4 Å². The Morgan fingerprint density at radius 1 is 1.25 bits per heavy atom. The topological polar surface area (TPSA) is 37.8 Å². The second-order valence-corrected chi connectivity index (χ2v) is 5.54. The van der Waals surface area contributed by atoms with Crippen molar-refractivity contribution < 1.29 is 8.78 Å². The number of halogens is 3. The quantitative estimate of drug-likeness (QED) is 0.867. The number of hydrogen-bond acceptors (Lipinski definition) is 3. The first-order valence-electron chi connectivity index (χ1n) is 6.34. The van der Waals surface area contributed by atoms with E-state index in [1.807, 2.05) is 6.07 Å². The molecule has 0 atom stereocenters. The fourth-order valence-corrected chi connectivity index (χ4v) is 2.36. The number of nitrogens with one attached hydrogen (secondary N) is 1. The largest absolute Gasteiger partial charge is 0.308 e. The molecule has 2 aromatic rings. The van der Waals surface area contributed by atoms with E-state index in [1.165, 1.54) is 18.9 Å². The molecule has 1 heterocycles. The Balaban J connectivity index is 1.89. The van der Waals surface area contributed by atoms with Crippen LogP contribution in [0.5, 0.6) is 0 Å². The van der Waals surface area contributed by atoms with Crippen LogP contribution in [-0.2, 0) is 6.54 Å². The highest BCUT2D eigenvalue weighted by molar-refractivity contribution is 9.10. The lowest BCUT2D eigenvalue weighted by atomic mass is 10.2. The molecule has 3 rings (SSSR count). The van der Waals surface area contributed by atoms with Crippen LogP contribution in [0.1, 0.15) is 18.5 Å². The maximum atomic E-state index is 13.5. The van der Waals surface area contributed by atoms with Crippen LogP contribution in [0.15, 0.2) is 28.9 Å². The summed E-state index contributed by atoms with van der Waals surface area (Å²) in [6, 6.07) is 4.94. The molecule has 0 radical (unpaired) electrons. The molecule has 3 nitrogen and oxygen atoms in total. The fraction of sp³-hybridized carbons (Fsp3) is 0.286. The van der Waals surface area contributed by atoms with Crippen molar-refractivity contribution in [2.24, 2.45) is 0 Å². The van der Waals surface area contributed by atoms with Crippen molar-refractivity contribution >= 4 is 15.9 Å². The summed E-state index contributed by atoms with van der Waals surface area (Å²) in [5, 5.41) is 3.35. The van der Waals surface area contributed by atoms with Crippen molar-refractivity contribution in [1.82, 2.24) is 15.3 Å². The highest BCUT2D eigenvalue weighted by atomic mass is 79.9. The summed E-state index contributed by atoms with van der Waals surface area (Å²) in [4.78, 5) is 8.51. The summed E-state index contributed by atoms with van der Waals surface area (Å²) < 4.78 is 26.7. The zero-order valence-corrected chi connectivity index (χ0v) is 12.1. The normalized spacial score (nSPS) is 14.6. The van der Waals surface area contributed by atoms with E-state index < -0.39 is 11.6 Å². The molecule has 104 valence electrons. The molecule has 20 heavy (non-hydrogen) atoms. The highest BCUT2D eigenvalue weighted by Gasteiger charge is 2.20. The van der Waals surface area contributed by atoms with Gasteiger partial charge in [0, 0.05) is 24.3 Å². The van der Waals surface area contributed by atoms with Gasteiger partial charge in [-0.05, 0) is 47.0 Å². The predicted octanol–water partition coefficient (Wildman–Crippen LogP) is 3.44. The Morgan fingerprint density at radius 2 is 2.05 bits per heavy atom. The first kappa shape index (κ1) is 13.6. The molecule has 1 N–H and O–H groups in total. The molecule has 0 amide bonds. The van der Waals surface area contributed by atoms with E-state index in [0.29, 0.717) is 24.0 Å². The molecule has 0 bridgehead atoms. The molecule has 0 spiro atoms. The average molecular weight is 340 g/mol. The number of rotatable bonds is 4.